The summed E-state index contributed by atoms with van der Waals surface area (Å²) in [5.41, 5.74) is 2.53. The molecule has 0 radical (unpaired) electrons. The molecule has 0 saturated carbocycles. The maximum atomic E-state index is 12.6. The van der Waals surface area contributed by atoms with Gasteiger partial charge in [-0.05, 0) is 24.0 Å². The summed E-state index contributed by atoms with van der Waals surface area (Å²) in [5, 5.41) is 9.43. The SMILES string of the molecule is CCCCCCCCC1=CC=C(c2ccccc2)C(=O)C1C#N. The Balaban J connectivity index is 2.00. The molecule has 0 aliphatic heterocycles. The number of nitrogens with zero attached hydrogens (tertiary/aromatic N) is 1. The van der Waals surface area contributed by atoms with E-state index in [1.54, 1.807) is 0 Å². The minimum absolute atomic E-state index is 0.0535. The number of carbonyl (C=O) groups excluding carboxylic acids is 1. The molecular formula is C21H25NO. The van der Waals surface area contributed by atoms with Crippen LogP contribution in [0, 0.1) is 17.2 Å². The summed E-state index contributed by atoms with van der Waals surface area (Å²) in [6, 6.07) is 11.8. The number of rotatable bonds is 8. The molecule has 0 heterocycles. The highest BCUT2D eigenvalue weighted by molar-refractivity contribution is 6.24. The molecule has 1 aliphatic rings. The summed E-state index contributed by atoms with van der Waals surface area (Å²) < 4.78 is 0. The van der Waals surface area contributed by atoms with Gasteiger partial charge in [-0.2, -0.15) is 5.26 Å². The quantitative estimate of drug-likeness (QED) is 0.597. The lowest BCUT2D eigenvalue weighted by molar-refractivity contribution is -0.115. The van der Waals surface area contributed by atoms with E-state index in [-0.39, 0.29) is 5.78 Å². The third-order valence-corrected chi connectivity index (χ3v) is 4.40. The first kappa shape index (κ1) is 17.2. The molecule has 2 nitrogen and oxygen atoms in total. The van der Waals surface area contributed by atoms with Crippen LogP contribution in [0.25, 0.3) is 5.57 Å². The largest absolute Gasteiger partial charge is 0.292 e. The van der Waals surface area contributed by atoms with Crippen molar-refractivity contribution in [1.29, 1.82) is 5.26 Å². The summed E-state index contributed by atoms with van der Waals surface area (Å²) in [6.45, 7) is 2.21. The Morgan fingerprint density at radius 2 is 1.70 bits per heavy atom. The Morgan fingerprint density at radius 1 is 1.00 bits per heavy atom. The number of hydrogen-bond donors (Lipinski definition) is 0. The first-order valence-electron chi connectivity index (χ1n) is 8.68. The van der Waals surface area contributed by atoms with Gasteiger partial charge in [-0.25, -0.2) is 0 Å². The van der Waals surface area contributed by atoms with Gasteiger partial charge in [-0.15, -0.1) is 0 Å². The number of hydrogen-bond acceptors (Lipinski definition) is 2. The smallest absolute Gasteiger partial charge is 0.184 e. The van der Waals surface area contributed by atoms with Crippen LogP contribution < -0.4 is 0 Å². The Labute approximate surface area is 139 Å². The number of benzene rings is 1. The first-order valence-corrected chi connectivity index (χ1v) is 8.68. The molecule has 1 aromatic carbocycles. The molecule has 120 valence electrons. The second kappa shape index (κ2) is 9.10. The summed E-state index contributed by atoms with van der Waals surface area (Å²) in [6.07, 6.45) is 12.1. The molecule has 2 rings (SSSR count). The predicted molar refractivity (Wildman–Crippen MR) is 94.6 cm³/mol. The molecule has 2 heteroatoms. The van der Waals surface area contributed by atoms with Gasteiger partial charge in [0.25, 0.3) is 0 Å². The standard InChI is InChI=1S/C21H25NO/c1-2-3-4-5-6-8-13-18-14-15-19(21(23)20(18)16-22)17-11-9-7-10-12-17/h7,9-12,14-15,20H,2-6,8,13H2,1H3. The highest BCUT2D eigenvalue weighted by Crippen LogP contribution is 2.30. The Kier molecular flexibility index (Phi) is 6.81. The molecule has 0 bridgehead atoms. The Hall–Kier alpha value is -2.14. The van der Waals surface area contributed by atoms with Crippen molar-refractivity contribution < 1.29 is 4.79 Å². The highest BCUT2D eigenvalue weighted by Gasteiger charge is 2.28. The average molecular weight is 307 g/mol. The number of ketones is 1. The molecule has 0 saturated heterocycles. The van der Waals surface area contributed by atoms with E-state index in [0.717, 1.165) is 24.0 Å². The average Bonchev–Trinajstić information content (AvgIpc) is 2.59. The van der Waals surface area contributed by atoms with Gasteiger partial charge in [0.05, 0.1) is 6.07 Å². The van der Waals surface area contributed by atoms with Gasteiger partial charge in [-0.3, -0.25) is 4.79 Å². The van der Waals surface area contributed by atoms with Crippen molar-refractivity contribution in [2.24, 2.45) is 5.92 Å². The van der Waals surface area contributed by atoms with Crippen molar-refractivity contribution in [3.05, 3.63) is 53.6 Å². The number of Topliss-reactive ketones (excluding diaryl/α,β-unsaturated/α-hetero) is 1. The zero-order valence-electron chi connectivity index (χ0n) is 13.9. The molecule has 0 aromatic heterocycles. The Bertz CT molecular complexity index is 619. The zero-order chi connectivity index (χ0) is 16.5. The molecule has 1 atom stereocenters. The highest BCUT2D eigenvalue weighted by atomic mass is 16.1. The molecule has 1 aliphatic carbocycles. The fourth-order valence-electron chi connectivity index (χ4n) is 3.03. The van der Waals surface area contributed by atoms with Gasteiger partial charge in [0, 0.05) is 5.57 Å². The molecule has 0 spiro atoms. The van der Waals surface area contributed by atoms with Crippen LogP contribution in [0.4, 0.5) is 0 Å². The van der Waals surface area contributed by atoms with Gasteiger partial charge < -0.3 is 0 Å². The molecule has 0 N–H and O–H groups in total. The lowest BCUT2D eigenvalue weighted by atomic mass is 9.82. The predicted octanol–water partition coefficient (Wildman–Crippen LogP) is 5.47. The van der Waals surface area contributed by atoms with Gasteiger partial charge in [0.1, 0.15) is 5.92 Å². The van der Waals surface area contributed by atoms with Crippen molar-refractivity contribution in [2.75, 3.05) is 0 Å². The van der Waals surface area contributed by atoms with E-state index < -0.39 is 5.92 Å². The summed E-state index contributed by atoms with van der Waals surface area (Å²) in [4.78, 5) is 12.6. The van der Waals surface area contributed by atoms with E-state index in [1.165, 1.54) is 32.1 Å². The summed E-state index contributed by atoms with van der Waals surface area (Å²) in [5.74, 6) is -0.659. The van der Waals surface area contributed by atoms with Crippen LogP contribution in [0.2, 0.25) is 0 Å². The normalized spacial score (nSPS) is 17.4. The minimum Gasteiger partial charge on any atom is -0.292 e. The van der Waals surface area contributed by atoms with Gasteiger partial charge in [0.15, 0.2) is 5.78 Å². The number of nitriles is 1. The van der Waals surface area contributed by atoms with Crippen LogP contribution >= 0.6 is 0 Å². The molecule has 0 fully saturated rings. The fraction of sp³-hybridized carbons (Fsp3) is 0.429. The summed E-state index contributed by atoms with van der Waals surface area (Å²) >= 11 is 0. The van der Waals surface area contributed by atoms with E-state index in [0.29, 0.717) is 5.57 Å². The lowest BCUT2D eigenvalue weighted by Crippen LogP contribution is -2.19. The van der Waals surface area contributed by atoms with Crippen molar-refractivity contribution >= 4 is 11.4 Å². The van der Waals surface area contributed by atoms with Crippen LogP contribution in [0.15, 0.2) is 48.1 Å². The fourth-order valence-corrected chi connectivity index (χ4v) is 3.03. The van der Waals surface area contributed by atoms with Gasteiger partial charge >= 0.3 is 0 Å². The third-order valence-electron chi connectivity index (χ3n) is 4.40. The third kappa shape index (κ3) is 4.66. The molecular weight excluding hydrogens is 282 g/mol. The van der Waals surface area contributed by atoms with Crippen molar-refractivity contribution in [3.8, 4) is 6.07 Å². The van der Waals surface area contributed by atoms with E-state index in [2.05, 4.69) is 13.0 Å². The van der Waals surface area contributed by atoms with E-state index in [1.807, 2.05) is 42.5 Å². The van der Waals surface area contributed by atoms with Crippen LogP contribution in [0.1, 0.15) is 57.4 Å². The minimum atomic E-state index is -0.606. The first-order chi connectivity index (χ1) is 11.3. The molecule has 0 amide bonds. The van der Waals surface area contributed by atoms with Crippen molar-refractivity contribution in [3.63, 3.8) is 0 Å². The number of carbonyl (C=O) groups is 1. The molecule has 23 heavy (non-hydrogen) atoms. The van der Waals surface area contributed by atoms with Gasteiger partial charge in [-0.1, -0.05) is 81.5 Å². The van der Waals surface area contributed by atoms with Crippen LogP contribution in [0.5, 0.6) is 0 Å². The van der Waals surface area contributed by atoms with Crippen molar-refractivity contribution in [2.45, 2.75) is 51.9 Å². The summed E-state index contributed by atoms with van der Waals surface area (Å²) in [7, 11) is 0. The molecule has 1 unspecified atom stereocenters. The second-order valence-electron chi connectivity index (χ2n) is 6.13. The van der Waals surface area contributed by atoms with Gasteiger partial charge in [0.2, 0.25) is 0 Å². The van der Waals surface area contributed by atoms with Crippen LogP contribution in [-0.2, 0) is 4.79 Å². The maximum absolute atomic E-state index is 12.6. The topological polar surface area (TPSA) is 40.9 Å². The molecule has 1 aromatic rings. The van der Waals surface area contributed by atoms with E-state index in [4.69, 9.17) is 0 Å². The monoisotopic (exact) mass is 307 g/mol. The second-order valence-corrected chi connectivity index (χ2v) is 6.13. The van der Waals surface area contributed by atoms with E-state index in [9.17, 15) is 10.1 Å². The number of allylic oxidation sites excluding steroid dienone is 4. The van der Waals surface area contributed by atoms with E-state index >= 15 is 0 Å². The zero-order valence-corrected chi connectivity index (χ0v) is 13.9. The van der Waals surface area contributed by atoms with Crippen LogP contribution in [0.3, 0.4) is 0 Å². The van der Waals surface area contributed by atoms with Crippen LogP contribution in [-0.4, -0.2) is 5.78 Å². The maximum Gasteiger partial charge on any atom is 0.184 e. The number of unbranched alkanes of at least 4 members (excludes halogenated alkanes) is 5. The Morgan fingerprint density at radius 3 is 2.39 bits per heavy atom. The lowest BCUT2D eigenvalue weighted by Gasteiger charge is -2.19. The van der Waals surface area contributed by atoms with Crippen molar-refractivity contribution in [1.82, 2.24) is 0 Å².